The van der Waals surface area contributed by atoms with Crippen LogP contribution in [0.15, 0.2) is 22.8 Å². The third-order valence-electron chi connectivity index (χ3n) is 2.30. The molecule has 0 bridgehead atoms. The molecule has 5 nitrogen and oxygen atoms in total. The monoisotopic (exact) mass is 275 g/mol. The van der Waals surface area contributed by atoms with E-state index in [2.05, 4.69) is 5.32 Å². The molecule has 0 aliphatic rings. The van der Waals surface area contributed by atoms with E-state index in [1.807, 2.05) is 6.07 Å². The van der Waals surface area contributed by atoms with Gasteiger partial charge in [0.05, 0.1) is 19.0 Å². The maximum atomic E-state index is 10.8. The van der Waals surface area contributed by atoms with Crippen LogP contribution in [0.25, 0.3) is 0 Å². The van der Waals surface area contributed by atoms with Gasteiger partial charge >= 0.3 is 0 Å². The Labute approximate surface area is 110 Å². The van der Waals surface area contributed by atoms with E-state index in [0.717, 1.165) is 18.7 Å². The Balaban J connectivity index is 1.93. The highest BCUT2D eigenvalue weighted by atomic mass is 32.2. The van der Waals surface area contributed by atoms with Crippen LogP contribution in [0.3, 0.4) is 0 Å². The molecule has 104 valence electrons. The van der Waals surface area contributed by atoms with Crippen LogP contribution < -0.4 is 5.32 Å². The molecule has 0 fully saturated rings. The Kier molecular flexibility index (Phi) is 7.91. The van der Waals surface area contributed by atoms with Crippen LogP contribution in [-0.2, 0) is 22.1 Å². The number of nitrogens with one attached hydrogen (secondary N) is 1. The smallest absolute Gasteiger partial charge is 0.129 e. The van der Waals surface area contributed by atoms with Gasteiger partial charge in [0.1, 0.15) is 12.4 Å². The van der Waals surface area contributed by atoms with Crippen LogP contribution in [0.5, 0.6) is 0 Å². The van der Waals surface area contributed by atoms with Crippen molar-refractivity contribution in [3.63, 3.8) is 0 Å². The van der Waals surface area contributed by atoms with Gasteiger partial charge in [-0.3, -0.25) is 4.21 Å². The maximum absolute atomic E-state index is 10.8. The second kappa shape index (κ2) is 9.27. The molecule has 0 aliphatic heterocycles. The van der Waals surface area contributed by atoms with Gasteiger partial charge in [0, 0.05) is 29.4 Å². The Bertz CT molecular complexity index is 329. The highest BCUT2D eigenvalue weighted by Crippen LogP contribution is 2.01. The molecule has 1 heterocycles. The van der Waals surface area contributed by atoms with Gasteiger partial charge < -0.3 is 19.6 Å². The SMILES string of the molecule is CS(=O)CCCNCC(O)COCc1ccco1. The number of hydrogen-bond donors (Lipinski definition) is 2. The molecule has 18 heavy (non-hydrogen) atoms. The molecule has 1 aromatic heterocycles. The lowest BCUT2D eigenvalue weighted by Crippen LogP contribution is -2.31. The van der Waals surface area contributed by atoms with E-state index in [0.29, 0.717) is 18.9 Å². The molecule has 2 N–H and O–H groups in total. The summed E-state index contributed by atoms with van der Waals surface area (Å²) < 4.78 is 21.2. The first-order valence-corrected chi connectivity index (χ1v) is 7.70. The minimum absolute atomic E-state index is 0.271. The molecular formula is C12H21NO4S. The van der Waals surface area contributed by atoms with Gasteiger partial charge in [-0.1, -0.05) is 0 Å². The van der Waals surface area contributed by atoms with Crippen molar-refractivity contribution in [3.8, 4) is 0 Å². The molecule has 0 radical (unpaired) electrons. The predicted molar refractivity (Wildman–Crippen MR) is 70.8 cm³/mol. The van der Waals surface area contributed by atoms with Crippen LogP contribution in [0.2, 0.25) is 0 Å². The van der Waals surface area contributed by atoms with Crippen molar-refractivity contribution in [2.75, 3.05) is 31.7 Å². The van der Waals surface area contributed by atoms with Crippen LogP contribution >= 0.6 is 0 Å². The Morgan fingerprint density at radius 3 is 3.11 bits per heavy atom. The molecule has 0 aliphatic carbocycles. The molecule has 0 saturated heterocycles. The van der Waals surface area contributed by atoms with E-state index >= 15 is 0 Å². The summed E-state index contributed by atoms with van der Waals surface area (Å²) in [6.45, 7) is 1.88. The summed E-state index contributed by atoms with van der Waals surface area (Å²) in [6.07, 6.45) is 3.60. The second-order valence-electron chi connectivity index (χ2n) is 4.08. The lowest BCUT2D eigenvalue weighted by atomic mass is 10.3. The van der Waals surface area contributed by atoms with Crippen LogP contribution in [0.1, 0.15) is 12.2 Å². The Hall–Kier alpha value is -0.690. The van der Waals surface area contributed by atoms with Gasteiger partial charge in [0.15, 0.2) is 0 Å². The Morgan fingerprint density at radius 1 is 1.61 bits per heavy atom. The average molecular weight is 275 g/mol. The van der Waals surface area contributed by atoms with Crippen LogP contribution in [0, 0.1) is 0 Å². The third kappa shape index (κ3) is 7.60. The third-order valence-corrected chi connectivity index (χ3v) is 3.16. The van der Waals surface area contributed by atoms with Gasteiger partial charge in [-0.15, -0.1) is 0 Å². The lowest BCUT2D eigenvalue weighted by Gasteiger charge is -2.11. The predicted octanol–water partition coefficient (Wildman–Crippen LogP) is 0.515. The topological polar surface area (TPSA) is 71.7 Å². The number of aliphatic hydroxyl groups is 1. The van der Waals surface area contributed by atoms with Crippen molar-refractivity contribution in [2.24, 2.45) is 0 Å². The minimum Gasteiger partial charge on any atom is -0.467 e. The maximum Gasteiger partial charge on any atom is 0.129 e. The normalized spacial score (nSPS) is 14.6. The number of ether oxygens (including phenoxy) is 1. The molecule has 0 aromatic carbocycles. The molecule has 2 unspecified atom stereocenters. The summed E-state index contributed by atoms with van der Waals surface area (Å²) in [6, 6.07) is 3.63. The average Bonchev–Trinajstić information content (AvgIpc) is 2.81. The summed E-state index contributed by atoms with van der Waals surface area (Å²) in [4.78, 5) is 0. The zero-order valence-corrected chi connectivity index (χ0v) is 11.4. The highest BCUT2D eigenvalue weighted by molar-refractivity contribution is 7.84. The van der Waals surface area contributed by atoms with Crippen molar-refractivity contribution in [2.45, 2.75) is 19.1 Å². The number of rotatable bonds is 10. The summed E-state index contributed by atoms with van der Waals surface area (Å²) in [5.74, 6) is 1.44. The standard InChI is InChI=1S/C12H21NO4S/c1-18(15)7-3-5-13-8-11(14)9-16-10-12-4-2-6-17-12/h2,4,6,11,13-14H,3,5,7-10H2,1H3. The summed E-state index contributed by atoms with van der Waals surface area (Å²) in [5, 5.41) is 12.7. The van der Waals surface area contributed by atoms with Gasteiger partial charge in [-0.25, -0.2) is 0 Å². The first-order chi connectivity index (χ1) is 8.68. The molecule has 1 rings (SSSR count). The summed E-state index contributed by atoms with van der Waals surface area (Å²) in [5.41, 5.74) is 0. The first-order valence-electron chi connectivity index (χ1n) is 5.97. The molecule has 0 saturated carbocycles. The number of hydrogen-bond acceptors (Lipinski definition) is 5. The van der Waals surface area contributed by atoms with E-state index in [-0.39, 0.29) is 6.61 Å². The largest absolute Gasteiger partial charge is 0.467 e. The van der Waals surface area contributed by atoms with Crippen molar-refractivity contribution >= 4 is 10.8 Å². The molecule has 2 atom stereocenters. The molecule has 0 amide bonds. The molecule has 6 heteroatoms. The van der Waals surface area contributed by atoms with Gasteiger partial charge in [0.25, 0.3) is 0 Å². The van der Waals surface area contributed by atoms with Gasteiger partial charge in [0.2, 0.25) is 0 Å². The van der Waals surface area contributed by atoms with E-state index < -0.39 is 16.9 Å². The van der Waals surface area contributed by atoms with Crippen molar-refractivity contribution in [1.82, 2.24) is 5.32 Å². The zero-order chi connectivity index (χ0) is 13.2. The minimum atomic E-state index is -0.739. The van der Waals surface area contributed by atoms with Crippen LogP contribution in [-0.4, -0.2) is 47.1 Å². The van der Waals surface area contributed by atoms with Crippen molar-refractivity contribution in [3.05, 3.63) is 24.2 Å². The molecule has 1 aromatic rings. The van der Waals surface area contributed by atoms with E-state index in [4.69, 9.17) is 9.15 Å². The molecular weight excluding hydrogens is 254 g/mol. The van der Waals surface area contributed by atoms with Crippen molar-refractivity contribution in [1.29, 1.82) is 0 Å². The van der Waals surface area contributed by atoms with Gasteiger partial charge in [-0.2, -0.15) is 0 Å². The van der Waals surface area contributed by atoms with E-state index in [1.165, 1.54) is 0 Å². The second-order valence-corrected chi connectivity index (χ2v) is 5.64. The summed E-state index contributed by atoms with van der Waals surface area (Å²) >= 11 is 0. The zero-order valence-electron chi connectivity index (χ0n) is 10.6. The van der Waals surface area contributed by atoms with E-state index in [9.17, 15) is 9.32 Å². The molecule has 0 spiro atoms. The lowest BCUT2D eigenvalue weighted by molar-refractivity contribution is 0.0228. The highest BCUT2D eigenvalue weighted by Gasteiger charge is 2.04. The fourth-order valence-corrected chi connectivity index (χ4v) is 1.97. The van der Waals surface area contributed by atoms with E-state index in [1.54, 1.807) is 18.6 Å². The fourth-order valence-electron chi connectivity index (χ4n) is 1.42. The first kappa shape index (κ1) is 15.4. The van der Waals surface area contributed by atoms with Gasteiger partial charge in [-0.05, 0) is 25.1 Å². The fraction of sp³-hybridized carbons (Fsp3) is 0.667. The summed E-state index contributed by atoms with van der Waals surface area (Å²) in [7, 11) is -0.739. The number of furan rings is 1. The van der Waals surface area contributed by atoms with Crippen LogP contribution in [0.4, 0.5) is 0 Å². The van der Waals surface area contributed by atoms with Crippen molar-refractivity contribution < 1.29 is 18.5 Å². The Morgan fingerprint density at radius 2 is 2.44 bits per heavy atom. The quantitative estimate of drug-likeness (QED) is 0.609. The number of aliphatic hydroxyl groups excluding tert-OH is 1.